The Balaban J connectivity index is 1.52. The third kappa shape index (κ3) is 3.37. The molecule has 3 heteroatoms. The molecule has 2 aliphatic rings. The van der Waals surface area contributed by atoms with Crippen LogP contribution in [-0.2, 0) is 12.8 Å². The predicted octanol–water partition coefficient (Wildman–Crippen LogP) is 4.73. The number of benzene rings is 1. The number of nitrogens with zero attached hydrogens (tertiary/aromatic N) is 2. The largest absolute Gasteiger partial charge is 0.481 e. The molecule has 1 aliphatic carbocycles. The van der Waals surface area contributed by atoms with E-state index in [1.807, 2.05) is 12.3 Å². The molecule has 0 radical (unpaired) electrons. The Hall–Kier alpha value is -1.87. The number of fused-ring (bicyclic) bond motifs is 1. The van der Waals surface area contributed by atoms with E-state index in [1.54, 1.807) is 12.7 Å². The number of aryl methyl sites for hydroxylation is 1. The van der Waals surface area contributed by atoms with Crippen LogP contribution in [0.15, 0.2) is 36.5 Å². The van der Waals surface area contributed by atoms with Crippen LogP contribution in [0, 0.1) is 5.92 Å². The third-order valence-corrected chi connectivity index (χ3v) is 6.27. The standard InChI is InChI=1S/C23H30N2O/c1-16(2)22-5-4-12-25(22)21-10-8-17-13-18(6-7-19(17)14-21)20-9-11-23(26-3)24-15-20/h6-7,9,11,13,15-16,21-22H,4-5,8,10,12,14H2,1-3H3. The second-order valence-corrected chi connectivity index (χ2v) is 8.16. The van der Waals surface area contributed by atoms with E-state index in [0.29, 0.717) is 5.88 Å². The van der Waals surface area contributed by atoms with Crippen molar-refractivity contribution in [1.29, 1.82) is 0 Å². The van der Waals surface area contributed by atoms with Gasteiger partial charge in [0.2, 0.25) is 5.88 Å². The first-order valence-electron chi connectivity index (χ1n) is 10.0. The molecular formula is C23H30N2O. The molecule has 1 saturated heterocycles. The van der Waals surface area contributed by atoms with Gasteiger partial charge in [0.1, 0.15) is 0 Å². The van der Waals surface area contributed by atoms with Gasteiger partial charge in [-0.1, -0.05) is 32.0 Å². The van der Waals surface area contributed by atoms with Crippen LogP contribution in [0.3, 0.4) is 0 Å². The molecule has 26 heavy (non-hydrogen) atoms. The summed E-state index contributed by atoms with van der Waals surface area (Å²) in [6, 6.07) is 12.5. The van der Waals surface area contributed by atoms with Gasteiger partial charge in [0.05, 0.1) is 7.11 Å². The molecule has 0 N–H and O–H groups in total. The smallest absolute Gasteiger partial charge is 0.212 e. The molecule has 0 saturated carbocycles. The summed E-state index contributed by atoms with van der Waals surface area (Å²) in [4.78, 5) is 7.16. The maximum Gasteiger partial charge on any atom is 0.212 e. The molecule has 0 amide bonds. The summed E-state index contributed by atoms with van der Waals surface area (Å²) >= 11 is 0. The van der Waals surface area contributed by atoms with Gasteiger partial charge >= 0.3 is 0 Å². The first kappa shape index (κ1) is 17.5. The van der Waals surface area contributed by atoms with Crippen molar-refractivity contribution in [3.05, 3.63) is 47.7 Å². The van der Waals surface area contributed by atoms with Crippen LogP contribution in [0.4, 0.5) is 0 Å². The van der Waals surface area contributed by atoms with Gasteiger partial charge in [0.15, 0.2) is 0 Å². The van der Waals surface area contributed by atoms with E-state index < -0.39 is 0 Å². The highest BCUT2D eigenvalue weighted by Gasteiger charge is 2.34. The number of aromatic nitrogens is 1. The Kier molecular flexibility index (Phi) is 4.99. The number of methoxy groups -OCH3 is 1. The zero-order valence-corrected chi connectivity index (χ0v) is 16.2. The summed E-state index contributed by atoms with van der Waals surface area (Å²) in [5.74, 6) is 1.43. The summed E-state index contributed by atoms with van der Waals surface area (Å²) in [6.45, 7) is 6.06. The fourth-order valence-electron chi connectivity index (χ4n) is 4.85. The van der Waals surface area contributed by atoms with Crippen molar-refractivity contribution in [2.45, 2.75) is 58.0 Å². The molecule has 1 aromatic carbocycles. The van der Waals surface area contributed by atoms with Crippen molar-refractivity contribution in [1.82, 2.24) is 9.88 Å². The molecule has 1 aliphatic heterocycles. The minimum absolute atomic E-state index is 0.667. The maximum atomic E-state index is 5.17. The molecule has 2 heterocycles. The van der Waals surface area contributed by atoms with Crippen LogP contribution in [0.1, 0.15) is 44.2 Å². The Morgan fingerprint density at radius 2 is 1.92 bits per heavy atom. The number of hydrogen-bond acceptors (Lipinski definition) is 3. The van der Waals surface area contributed by atoms with Crippen molar-refractivity contribution >= 4 is 0 Å². The normalized spacial score (nSPS) is 23.2. The SMILES string of the molecule is COc1ccc(-c2ccc3c(c2)CCC(N2CCCC2C(C)C)C3)cn1. The first-order valence-corrected chi connectivity index (χ1v) is 10.0. The van der Waals surface area contributed by atoms with Crippen LogP contribution in [0.2, 0.25) is 0 Å². The Bertz CT molecular complexity index is 753. The van der Waals surface area contributed by atoms with E-state index in [4.69, 9.17) is 4.74 Å². The van der Waals surface area contributed by atoms with Gasteiger partial charge in [-0.2, -0.15) is 0 Å². The minimum atomic E-state index is 0.667. The lowest BCUT2D eigenvalue weighted by Crippen LogP contribution is -2.44. The summed E-state index contributed by atoms with van der Waals surface area (Å²) < 4.78 is 5.17. The van der Waals surface area contributed by atoms with Gasteiger partial charge in [-0.05, 0) is 67.3 Å². The Morgan fingerprint density at radius 1 is 1.08 bits per heavy atom. The fraction of sp³-hybridized carbons (Fsp3) is 0.522. The van der Waals surface area contributed by atoms with E-state index in [1.165, 1.54) is 49.8 Å². The van der Waals surface area contributed by atoms with Crippen molar-refractivity contribution in [2.75, 3.05) is 13.7 Å². The molecule has 1 aromatic heterocycles. The van der Waals surface area contributed by atoms with Gasteiger partial charge in [-0.3, -0.25) is 4.90 Å². The molecule has 2 atom stereocenters. The summed E-state index contributed by atoms with van der Waals surface area (Å²) in [6.07, 6.45) is 8.35. The highest BCUT2D eigenvalue weighted by molar-refractivity contribution is 5.64. The van der Waals surface area contributed by atoms with E-state index >= 15 is 0 Å². The lowest BCUT2D eigenvalue weighted by Gasteiger charge is -2.38. The van der Waals surface area contributed by atoms with Gasteiger partial charge in [0.25, 0.3) is 0 Å². The van der Waals surface area contributed by atoms with Crippen molar-refractivity contribution in [3.63, 3.8) is 0 Å². The molecule has 2 aromatic rings. The van der Waals surface area contributed by atoms with Gasteiger partial charge in [-0.15, -0.1) is 0 Å². The number of hydrogen-bond donors (Lipinski definition) is 0. The van der Waals surface area contributed by atoms with Crippen LogP contribution >= 0.6 is 0 Å². The average Bonchev–Trinajstić information content (AvgIpc) is 3.17. The number of ether oxygens (including phenoxy) is 1. The van der Waals surface area contributed by atoms with E-state index in [9.17, 15) is 0 Å². The molecule has 2 unspecified atom stereocenters. The van der Waals surface area contributed by atoms with Gasteiger partial charge < -0.3 is 4.74 Å². The highest BCUT2D eigenvalue weighted by Crippen LogP contribution is 2.34. The maximum absolute atomic E-state index is 5.17. The summed E-state index contributed by atoms with van der Waals surface area (Å²) in [5, 5.41) is 0. The molecule has 138 valence electrons. The number of pyridine rings is 1. The predicted molar refractivity (Wildman–Crippen MR) is 107 cm³/mol. The van der Waals surface area contributed by atoms with Gasteiger partial charge in [-0.25, -0.2) is 4.98 Å². The molecule has 1 fully saturated rings. The fourth-order valence-corrected chi connectivity index (χ4v) is 4.85. The zero-order valence-electron chi connectivity index (χ0n) is 16.2. The second-order valence-electron chi connectivity index (χ2n) is 8.16. The number of rotatable bonds is 4. The highest BCUT2D eigenvalue weighted by atomic mass is 16.5. The molecule has 4 rings (SSSR count). The van der Waals surface area contributed by atoms with Crippen LogP contribution in [0.5, 0.6) is 5.88 Å². The van der Waals surface area contributed by atoms with Gasteiger partial charge in [0, 0.05) is 29.9 Å². The van der Waals surface area contributed by atoms with Crippen LogP contribution in [-0.4, -0.2) is 35.6 Å². The molecule has 0 spiro atoms. The lowest BCUT2D eigenvalue weighted by atomic mass is 9.85. The van der Waals surface area contributed by atoms with Crippen LogP contribution < -0.4 is 4.74 Å². The molecule has 3 nitrogen and oxygen atoms in total. The monoisotopic (exact) mass is 350 g/mol. The van der Waals surface area contributed by atoms with Crippen molar-refractivity contribution in [2.24, 2.45) is 5.92 Å². The van der Waals surface area contributed by atoms with E-state index in [0.717, 1.165) is 23.6 Å². The summed E-state index contributed by atoms with van der Waals surface area (Å²) in [7, 11) is 1.65. The minimum Gasteiger partial charge on any atom is -0.481 e. The van der Waals surface area contributed by atoms with Crippen LogP contribution in [0.25, 0.3) is 11.1 Å². The van der Waals surface area contributed by atoms with Crippen molar-refractivity contribution in [3.8, 4) is 17.0 Å². The molecule has 0 bridgehead atoms. The Morgan fingerprint density at radius 3 is 2.65 bits per heavy atom. The Labute approximate surface area is 157 Å². The van der Waals surface area contributed by atoms with E-state index in [2.05, 4.69) is 48.0 Å². The topological polar surface area (TPSA) is 25.4 Å². The quantitative estimate of drug-likeness (QED) is 0.797. The lowest BCUT2D eigenvalue weighted by molar-refractivity contribution is 0.134. The zero-order chi connectivity index (χ0) is 18.1. The average molecular weight is 351 g/mol. The van der Waals surface area contributed by atoms with Crippen molar-refractivity contribution < 1.29 is 4.74 Å². The third-order valence-electron chi connectivity index (χ3n) is 6.27. The first-order chi connectivity index (χ1) is 12.7. The number of likely N-dealkylation sites (tertiary alicyclic amines) is 1. The second kappa shape index (κ2) is 7.40. The molecular weight excluding hydrogens is 320 g/mol. The summed E-state index contributed by atoms with van der Waals surface area (Å²) in [5.41, 5.74) is 5.49. The van der Waals surface area contributed by atoms with E-state index in [-0.39, 0.29) is 0 Å².